The number of hydrogen-bond donors (Lipinski definition) is 2. The van der Waals surface area contributed by atoms with Crippen LogP contribution in [0.1, 0.15) is 6.92 Å². The van der Waals surface area contributed by atoms with Gasteiger partial charge in [-0.25, -0.2) is 8.78 Å². The van der Waals surface area contributed by atoms with E-state index in [9.17, 15) is 18.4 Å². The van der Waals surface area contributed by atoms with Gasteiger partial charge in [-0.1, -0.05) is 0 Å². The molecular weight excluding hydrogens is 218 g/mol. The third-order valence-corrected chi connectivity index (χ3v) is 1.70. The monoisotopic (exact) mass is 228 g/mol. The minimum Gasteiger partial charge on any atom is -0.347 e. The van der Waals surface area contributed by atoms with Crippen molar-refractivity contribution in [1.82, 2.24) is 5.32 Å². The average Bonchev–Trinajstić information content (AvgIpc) is 2.21. The van der Waals surface area contributed by atoms with Gasteiger partial charge in [-0.05, 0) is 12.1 Å². The molecule has 0 aliphatic rings. The molecule has 2 amide bonds. The van der Waals surface area contributed by atoms with Crippen molar-refractivity contribution in [2.45, 2.75) is 6.92 Å². The van der Waals surface area contributed by atoms with Crippen LogP contribution in [-0.2, 0) is 9.59 Å². The van der Waals surface area contributed by atoms with Gasteiger partial charge in [0.05, 0.1) is 6.54 Å². The summed E-state index contributed by atoms with van der Waals surface area (Å²) in [6.45, 7) is 1.05. The number of carbonyl (C=O) groups excluding carboxylic acids is 2. The number of nitrogens with one attached hydrogen (secondary N) is 2. The molecular formula is C10H10F2N2O2. The quantitative estimate of drug-likeness (QED) is 0.812. The lowest BCUT2D eigenvalue weighted by molar-refractivity contribution is -0.122. The van der Waals surface area contributed by atoms with Gasteiger partial charge in [0.2, 0.25) is 11.8 Å². The van der Waals surface area contributed by atoms with E-state index >= 15 is 0 Å². The van der Waals surface area contributed by atoms with Crippen molar-refractivity contribution in [3.63, 3.8) is 0 Å². The van der Waals surface area contributed by atoms with E-state index < -0.39 is 17.5 Å². The Hall–Kier alpha value is -1.98. The number of amides is 2. The standard InChI is InChI=1S/C10H10F2N2O2/c1-6(15)13-5-10(16)14-7-2-3-8(11)9(12)4-7/h2-4H,5H2,1H3,(H,13,15)(H,14,16). The minimum atomic E-state index is -1.04. The van der Waals surface area contributed by atoms with E-state index in [0.717, 1.165) is 12.1 Å². The molecule has 0 heterocycles. The Kier molecular flexibility index (Phi) is 3.93. The Labute approximate surface area is 90.6 Å². The Morgan fingerprint density at radius 2 is 1.94 bits per heavy atom. The van der Waals surface area contributed by atoms with Gasteiger partial charge in [0.1, 0.15) is 0 Å². The average molecular weight is 228 g/mol. The largest absolute Gasteiger partial charge is 0.347 e. The van der Waals surface area contributed by atoms with Gasteiger partial charge in [-0.3, -0.25) is 9.59 Å². The van der Waals surface area contributed by atoms with E-state index in [2.05, 4.69) is 10.6 Å². The fourth-order valence-electron chi connectivity index (χ4n) is 0.984. The highest BCUT2D eigenvalue weighted by molar-refractivity contribution is 5.94. The van der Waals surface area contributed by atoms with Crippen LogP contribution in [0.3, 0.4) is 0 Å². The van der Waals surface area contributed by atoms with Crippen molar-refractivity contribution in [2.75, 3.05) is 11.9 Å². The van der Waals surface area contributed by atoms with E-state index in [1.54, 1.807) is 0 Å². The molecule has 0 bridgehead atoms. The van der Waals surface area contributed by atoms with Crippen LogP contribution in [0.2, 0.25) is 0 Å². The third-order valence-electron chi connectivity index (χ3n) is 1.70. The molecule has 2 N–H and O–H groups in total. The smallest absolute Gasteiger partial charge is 0.243 e. The molecule has 1 aromatic rings. The van der Waals surface area contributed by atoms with Crippen LogP contribution in [0.25, 0.3) is 0 Å². The molecule has 86 valence electrons. The Morgan fingerprint density at radius 1 is 1.25 bits per heavy atom. The zero-order valence-corrected chi connectivity index (χ0v) is 8.51. The molecule has 0 aromatic heterocycles. The first-order valence-electron chi connectivity index (χ1n) is 4.48. The maximum atomic E-state index is 12.7. The van der Waals surface area contributed by atoms with Gasteiger partial charge in [0.15, 0.2) is 11.6 Å². The Balaban J connectivity index is 2.56. The van der Waals surface area contributed by atoms with Crippen molar-refractivity contribution < 1.29 is 18.4 Å². The second-order valence-corrected chi connectivity index (χ2v) is 3.09. The molecule has 6 heteroatoms. The number of hydrogen-bond acceptors (Lipinski definition) is 2. The molecule has 0 unspecified atom stereocenters. The molecule has 16 heavy (non-hydrogen) atoms. The van der Waals surface area contributed by atoms with Gasteiger partial charge in [0.25, 0.3) is 0 Å². The summed E-state index contributed by atoms with van der Waals surface area (Å²) in [5.41, 5.74) is 0.134. The molecule has 0 aliphatic heterocycles. The third kappa shape index (κ3) is 3.64. The predicted octanol–water partition coefficient (Wildman–Crippen LogP) is 1.04. The van der Waals surface area contributed by atoms with Gasteiger partial charge in [-0.2, -0.15) is 0 Å². The van der Waals surface area contributed by atoms with Gasteiger partial charge < -0.3 is 10.6 Å². The summed E-state index contributed by atoms with van der Waals surface area (Å²) in [5.74, 6) is -2.89. The molecule has 0 spiro atoms. The Morgan fingerprint density at radius 3 is 2.50 bits per heavy atom. The first-order chi connectivity index (χ1) is 7.49. The van der Waals surface area contributed by atoms with Crippen molar-refractivity contribution >= 4 is 17.5 Å². The zero-order chi connectivity index (χ0) is 12.1. The summed E-state index contributed by atoms with van der Waals surface area (Å²) in [6, 6.07) is 2.99. The summed E-state index contributed by atoms with van der Waals surface area (Å²) in [4.78, 5) is 21.7. The van der Waals surface area contributed by atoms with E-state index in [1.165, 1.54) is 13.0 Å². The van der Waals surface area contributed by atoms with Crippen LogP contribution in [0.4, 0.5) is 14.5 Å². The molecule has 0 aliphatic carbocycles. The molecule has 0 radical (unpaired) electrons. The Bertz CT molecular complexity index is 421. The first kappa shape index (κ1) is 12.1. The molecule has 0 atom stereocenters. The second kappa shape index (κ2) is 5.20. The van der Waals surface area contributed by atoms with Crippen molar-refractivity contribution in [3.8, 4) is 0 Å². The summed E-state index contributed by atoms with van der Waals surface area (Å²) >= 11 is 0. The van der Waals surface area contributed by atoms with Gasteiger partial charge in [0, 0.05) is 18.7 Å². The number of anilines is 1. The van der Waals surface area contributed by atoms with Crippen LogP contribution < -0.4 is 10.6 Å². The topological polar surface area (TPSA) is 58.2 Å². The van der Waals surface area contributed by atoms with Crippen LogP contribution in [0, 0.1) is 11.6 Å². The lowest BCUT2D eigenvalue weighted by atomic mass is 10.3. The second-order valence-electron chi connectivity index (χ2n) is 3.09. The molecule has 0 saturated carbocycles. The molecule has 4 nitrogen and oxygen atoms in total. The van der Waals surface area contributed by atoms with Crippen LogP contribution in [0.5, 0.6) is 0 Å². The minimum absolute atomic E-state index is 0.134. The lowest BCUT2D eigenvalue weighted by Crippen LogP contribution is -2.31. The van der Waals surface area contributed by atoms with Gasteiger partial charge >= 0.3 is 0 Å². The van der Waals surface area contributed by atoms with Gasteiger partial charge in [-0.15, -0.1) is 0 Å². The maximum Gasteiger partial charge on any atom is 0.243 e. The normalized spacial score (nSPS) is 9.69. The number of benzene rings is 1. The van der Waals surface area contributed by atoms with Crippen LogP contribution >= 0.6 is 0 Å². The summed E-state index contributed by atoms with van der Waals surface area (Å²) in [5, 5.41) is 4.58. The van der Waals surface area contributed by atoms with E-state index in [1.807, 2.05) is 0 Å². The summed E-state index contributed by atoms with van der Waals surface area (Å²) in [7, 11) is 0. The highest BCUT2D eigenvalue weighted by Gasteiger charge is 2.06. The SMILES string of the molecule is CC(=O)NCC(=O)Nc1ccc(F)c(F)c1. The summed E-state index contributed by atoms with van der Waals surface area (Å²) in [6.07, 6.45) is 0. The maximum absolute atomic E-state index is 12.7. The molecule has 0 saturated heterocycles. The fourth-order valence-corrected chi connectivity index (χ4v) is 0.984. The molecule has 1 rings (SSSR count). The predicted molar refractivity (Wildman–Crippen MR) is 53.7 cm³/mol. The van der Waals surface area contributed by atoms with Crippen LogP contribution in [0.15, 0.2) is 18.2 Å². The highest BCUT2D eigenvalue weighted by atomic mass is 19.2. The van der Waals surface area contributed by atoms with Crippen molar-refractivity contribution in [1.29, 1.82) is 0 Å². The molecule has 0 fully saturated rings. The van der Waals surface area contributed by atoms with E-state index in [4.69, 9.17) is 0 Å². The summed E-state index contributed by atoms with van der Waals surface area (Å²) < 4.78 is 25.3. The lowest BCUT2D eigenvalue weighted by Gasteiger charge is -2.05. The van der Waals surface area contributed by atoms with Crippen molar-refractivity contribution in [2.24, 2.45) is 0 Å². The van der Waals surface area contributed by atoms with Crippen LogP contribution in [-0.4, -0.2) is 18.4 Å². The molecule has 1 aromatic carbocycles. The number of rotatable bonds is 3. The van der Waals surface area contributed by atoms with E-state index in [-0.39, 0.29) is 18.1 Å². The fraction of sp³-hybridized carbons (Fsp3) is 0.200. The first-order valence-corrected chi connectivity index (χ1v) is 4.48. The van der Waals surface area contributed by atoms with E-state index in [0.29, 0.717) is 0 Å². The number of halogens is 2. The number of carbonyl (C=O) groups is 2. The highest BCUT2D eigenvalue weighted by Crippen LogP contribution is 2.12. The van der Waals surface area contributed by atoms with Crippen molar-refractivity contribution in [3.05, 3.63) is 29.8 Å². The zero-order valence-electron chi connectivity index (χ0n) is 8.51.